The Bertz CT molecular complexity index is 1450. The first-order chi connectivity index (χ1) is 17.4. The molecule has 0 heterocycles. The lowest BCUT2D eigenvalue weighted by Crippen LogP contribution is -2.34. The van der Waals surface area contributed by atoms with E-state index in [0.717, 1.165) is 28.9 Å². The fraction of sp³-hybridized carbons (Fsp3) is 0.294. The summed E-state index contributed by atoms with van der Waals surface area (Å²) in [6.45, 7) is 4.67. The molecule has 0 aliphatic heterocycles. The van der Waals surface area contributed by atoms with Crippen molar-refractivity contribution in [2.75, 3.05) is 11.1 Å². The lowest BCUT2D eigenvalue weighted by atomic mass is 9.64. The number of nitrogens with two attached hydrogens (primary N) is 1. The molecule has 0 amide bonds. The van der Waals surface area contributed by atoms with Crippen LogP contribution in [0.1, 0.15) is 61.8 Å². The molecule has 4 aromatic carbocycles. The molecule has 180 valence electrons. The van der Waals surface area contributed by atoms with Crippen molar-refractivity contribution in [1.82, 2.24) is 0 Å². The first-order valence-corrected chi connectivity index (χ1v) is 13.4. The molecular formula is C34H34N2. The summed E-state index contributed by atoms with van der Waals surface area (Å²) < 4.78 is 0. The van der Waals surface area contributed by atoms with Crippen LogP contribution in [-0.2, 0) is 10.8 Å². The fourth-order valence-electron chi connectivity index (χ4n) is 7.78. The van der Waals surface area contributed by atoms with Crippen molar-refractivity contribution < 1.29 is 0 Å². The minimum absolute atomic E-state index is 0.0146. The molecule has 0 spiro atoms. The molecule has 3 N–H and O–H groups in total. The fourth-order valence-corrected chi connectivity index (χ4v) is 7.78. The number of hydrogen-bond donors (Lipinski definition) is 2. The zero-order chi connectivity index (χ0) is 24.5. The van der Waals surface area contributed by atoms with Gasteiger partial charge in [0, 0.05) is 27.9 Å². The van der Waals surface area contributed by atoms with Gasteiger partial charge in [-0.25, -0.2) is 0 Å². The van der Waals surface area contributed by atoms with Gasteiger partial charge in [-0.1, -0.05) is 74.9 Å². The first-order valence-electron chi connectivity index (χ1n) is 13.4. The Labute approximate surface area is 214 Å². The van der Waals surface area contributed by atoms with Crippen LogP contribution in [0.4, 0.5) is 17.1 Å². The number of rotatable bonds is 4. The van der Waals surface area contributed by atoms with E-state index < -0.39 is 0 Å². The average molecular weight is 471 g/mol. The summed E-state index contributed by atoms with van der Waals surface area (Å²) in [5, 5.41) is 3.69. The van der Waals surface area contributed by atoms with Crippen LogP contribution in [0.15, 0.2) is 91.0 Å². The molecular weight excluding hydrogens is 436 g/mol. The van der Waals surface area contributed by atoms with Crippen molar-refractivity contribution in [2.24, 2.45) is 11.8 Å². The van der Waals surface area contributed by atoms with E-state index in [2.05, 4.69) is 110 Å². The van der Waals surface area contributed by atoms with Gasteiger partial charge in [-0.05, 0) is 101 Å². The molecule has 0 saturated heterocycles. The van der Waals surface area contributed by atoms with Crippen LogP contribution in [0.5, 0.6) is 0 Å². The van der Waals surface area contributed by atoms with Crippen molar-refractivity contribution in [1.29, 1.82) is 0 Å². The summed E-state index contributed by atoms with van der Waals surface area (Å²) in [5.74, 6) is 1.58. The largest absolute Gasteiger partial charge is 0.399 e. The Balaban J connectivity index is 1.20. The summed E-state index contributed by atoms with van der Waals surface area (Å²) in [6.07, 6.45) is 5.34. The molecule has 4 aromatic rings. The molecule has 36 heavy (non-hydrogen) atoms. The third-order valence-corrected chi connectivity index (χ3v) is 9.55. The molecule has 0 aromatic heterocycles. The summed E-state index contributed by atoms with van der Waals surface area (Å²) >= 11 is 0. The zero-order valence-corrected chi connectivity index (χ0v) is 21.2. The monoisotopic (exact) mass is 470 g/mol. The molecule has 3 aliphatic rings. The summed E-state index contributed by atoms with van der Waals surface area (Å²) in [4.78, 5) is 0. The normalized spacial score (nSPS) is 24.9. The van der Waals surface area contributed by atoms with Gasteiger partial charge in [-0.15, -0.1) is 0 Å². The van der Waals surface area contributed by atoms with Crippen LogP contribution in [0, 0.1) is 11.8 Å². The number of hydrogen-bond acceptors (Lipinski definition) is 2. The Morgan fingerprint density at radius 2 is 1.39 bits per heavy atom. The molecule has 7 rings (SSSR count). The molecule has 0 radical (unpaired) electrons. The summed E-state index contributed by atoms with van der Waals surface area (Å²) in [5.41, 5.74) is 17.7. The van der Waals surface area contributed by atoms with E-state index in [4.69, 9.17) is 5.73 Å². The second-order valence-electron chi connectivity index (χ2n) is 11.8. The van der Waals surface area contributed by atoms with Crippen molar-refractivity contribution in [2.45, 2.75) is 50.4 Å². The smallest absolute Gasteiger partial charge is 0.0387 e. The lowest BCUT2D eigenvalue weighted by molar-refractivity contribution is 0.320. The summed E-state index contributed by atoms with van der Waals surface area (Å²) in [6, 6.07) is 33.6. The first kappa shape index (κ1) is 21.7. The highest BCUT2D eigenvalue weighted by atomic mass is 14.9. The van der Waals surface area contributed by atoms with Gasteiger partial charge >= 0.3 is 0 Å². The van der Waals surface area contributed by atoms with Crippen molar-refractivity contribution in [3.05, 3.63) is 113 Å². The number of nitrogens with one attached hydrogen (secondary N) is 1. The topological polar surface area (TPSA) is 38.0 Å². The molecule has 3 unspecified atom stereocenters. The minimum Gasteiger partial charge on any atom is -0.399 e. The third kappa shape index (κ3) is 3.10. The van der Waals surface area contributed by atoms with Gasteiger partial charge in [0.15, 0.2) is 0 Å². The van der Waals surface area contributed by atoms with Gasteiger partial charge in [0.2, 0.25) is 0 Å². The van der Waals surface area contributed by atoms with E-state index in [9.17, 15) is 0 Å². The van der Waals surface area contributed by atoms with Crippen molar-refractivity contribution in [3.8, 4) is 11.1 Å². The molecule has 3 aliphatic carbocycles. The Morgan fingerprint density at radius 1 is 0.722 bits per heavy atom. The quantitative estimate of drug-likeness (QED) is 0.294. The van der Waals surface area contributed by atoms with E-state index in [1.807, 2.05) is 0 Å². The Hall–Kier alpha value is -3.52. The lowest BCUT2D eigenvalue weighted by Gasteiger charge is -2.39. The van der Waals surface area contributed by atoms with Gasteiger partial charge in [-0.2, -0.15) is 0 Å². The molecule has 2 nitrogen and oxygen atoms in total. The van der Waals surface area contributed by atoms with Crippen LogP contribution >= 0.6 is 0 Å². The van der Waals surface area contributed by atoms with Crippen LogP contribution in [-0.4, -0.2) is 0 Å². The maximum atomic E-state index is 6.04. The van der Waals surface area contributed by atoms with E-state index in [1.54, 1.807) is 0 Å². The number of fused-ring (bicyclic) bond motifs is 5. The predicted octanol–water partition coefficient (Wildman–Crippen LogP) is 8.42. The van der Waals surface area contributed by atoms with E-state index in [0.29, 0.717) is 0 Å². The second kappa shape index (κ2) is 7.74. The van der Waals surface area contributed by atoms with Crippen LogP contribution in [0.3, 0.4) is 0 Å². The number of nitrogen functional groups attached to an aromatic ring is 1. The van der Waals surface area contributed by atoms with Crippen molar-refractivity contribution >= 4 is 17.1 Å². The van der Waals surface area contributed by atoms with Crippen molar-refractivity contribution in [3.63, 3.8) is 0 Å². The maximum Gasteiger partial charge on any atom is 0.0387 e. The van der Waals surface area contributed by atoms with Gasteiger partial charge in [-0.3, -0.25) is 0 Å². The standard InChI is InChI=1S/C34H34N2/c1-33(2)31-6-4-3-5-29(31)30-18-17-28(20-32(30)33)36-27-15-11-24(12-16-27)34(21-22-7-8-25(34)19-22)23-9-13-26(35)14-10-23/h3-6,9-18,20,22,25,36H,7-8,19,21,35H2,1-2H3. The highest BCUT2D eigenvalue weighted by molar-refractivity contribution is 5.83. The Morgan fingerprint density at radius 3 is 2.08 bits per heavy atom. The highest BCUT2D eigenvalue weighted by Gasteiger charge is 2.52. The minimum atomic E-state index is 0.0146. The molecule has 2 fully saturated rings. The van der Waals surface area contributed by atoms with Gasteiger partial charge in [0.05, 0.1) is 0 Å². The van der Waals surface area contributed by atoms with E-state index >= 15 is 0 Å². The van der Waals surface area contributed by atoms with Crippen LogP contribution < -0.4 is 11.1 Å². The molecule has 2 saturated carbocycles. The molecule has 2 heteroatoms. The second-order valence-corrected chi connectivity index (χ2v) is 11.8. The molecule has 3 atom stereocenters. The SMILES string of the molecule is CC1(C)c2ccccc2-c2ccc(Nc3ccc(C4(c5ccc(N)cc5)CC5CCC4C5)cc3)cc21. The number of benzene rings is 4. The van der Waals surface area contributed by atoms with E-state index in [1.165, 1.54) is 59.1 Å². The van der Waals surface area contributed by atoms with Crippen LogP contribution in [0.25, 0.3) is 11.1 Å². The van der Waals surface area contributed by atoms with Gasteiger partial charge < -0.3 is 11.1 Å². The van der Waals surface area contributed by atoms with Gasteiger partial charge in [0.1, 0.15) is 0 Å². The van der Waals surface area contributed by atoms with E-state index in [-0.39, 0.29) is 10.8 Å². The maximum absolute atomic E-state index is 6.04. The van der Waals surface area contributed by atoms with Gasteiger partial charge in [0.25, 0.3) is 0 Å². The zero-order valence-electron chi connectivity index (χ0n) is 21.2. The average Bonchev–Trinajstić information content (AvgIpc) is 3.57. The van der Waals surface area contributed by atoms with Crippen LogP contribution in [0.2, 0.25) is 0 Å². The molecule has 2 bridgehead atoms. The summed E-state index contributed by atoms with van der Waals surface area (Å²) in [7, 11) is 0. The number of anilines is 3. The predicted molar refractivity (Wildman–Crippen MR) is 151 cm³/mol. The third-order valence-electron chi connectivity index (χ3n) is 9.55. The highest BCUT2D eigenvalue weighted by Crippen LogP contribution is 2.60. The Kier molecular flexibility index (Phi) is 4.67.